The summed E-state index contributed by atoms with van der Waals surface area (Å²) < 4.78 is 0. The van der Waals surface area contributed by atoms with Gasteiger partial charge in [0.1, 0.15) is 5.82 Å². The van der Waals surface area contributed by atoms with E-state index in [1.54, 1.807) is 0 Å². The highest BCUT2D eigenvalue weighted by Gasteiger charge is 2.23. The van der Waals surface area contributed by atoms with Crippen molar-refractivity contribution in [2.75, 3.05) is 41.3 Å². The lowest BCUT2D eigenvalue weighted by molar-refractivity contribution is 0.145. The molecule has 2 saturated heterocycles. The molecule has 2 aliphatic heterocycles. The van der Waals surface area contributed by atoms with Gasteiger partial charge >= 0.3 is 0 Å². The highest BCUT2D eigenvalue weighted by Crippen LogP contribution is 2.28. The maximum atomic E-state index is 9.74. The van der Waals surface area contributed by atoms with Crippen LogP contribution < -0.4 is 20.9 Å². The van der Waals surface area contributed by atoms with Crippen molar-refractivity contribution in [3.05, 3.63) is 35.5 Å². The second-order valence-electron chi connectivity index (χ2n) is 8.77. The molecule has 0 amide bonds. The summed E-state index contributed by atoms with van der Waals surface area (Å²) in [4.78, 5) is 13.8. The Hall–Kier alpha value is -3.22. The smallest absolute Gasteiger partial charge is 0.227 e. The van der Waals surface area contributed by atoms with E-state index in [1.165, 1.54) is 6.21 Å². The molecule has 0 radical (unpaired) electrons. The Morgan fingerprint density at radius 3 is 2.36 bits per heavy atom. The highest BCUT2D eigenvalue weighted by molar-refractivity contribution is 5.81. The molecule has 2 aliphatic rings. The second kappa shape index (κ2) is 10.6. The number of hydrogen-bond donors (Lipinski definition) is 4. The van der Waals surface area contributed by atoms with E-state index in [4.69, 9.17) is 21.4 Å². The number of aromatic nitrogens is 2. The summed E-state index contributed by atoms with van der Waals surface area (Å²) >= 11 is 0. The van der Waals surface area contributed by atoms with E-state index < -0.39 is 0 Å². The third-order valence-electron chi connectivity index (χ3n) is 6.61. The van der Waals surface area contributed by atoms with Crippen LogP contribution in [-0.2, 0) is 6.54 Å². The number of aliphatic hydroxyl groups is 1. The van der Waals surface area contributed by atoms with Crippen LogP contribution in [0.3, 0.4) is 0 Å². The number of aliphatic hydroxyl groups excluding tert-OH is 1. The molecule has 0 aliphatic carbocycles. The minimum Gasteiger partial charge on any atom is -0.393 e. The molecule has 4 rings (SSSR count). The minimum absolute atomic E-state index is 0.191. The fourth-order valence-corrected chi connectivity index (χ4v) is 4.54. The van der Waals surface area contributed by atoms with Crippen molar-refractivity contribution in [3.63, 3.8) is 0 Å². The molecular weight excluding hydrogens is 416 g/mol. The van der Waals surface area contributed by atoms with Gasteiger partial charge in [-0.2, -0.15) is 10.2 Å². The zero-order valence-electron chi connectivity index (χ0n) is 18.9. The molecule has 0 bridgehead atoms. The molecule has 9 heteroatoms. The number of piperidine rings is 2. The molecule has 3 heterocycles. The summed E-state index contributed by atoms with van der Waals surface area (Å²) in [6.07, 6.45) is 5.10. The first-order valence-electron chi connectivity index (χ1n) is 11.6. The standard InChI is InChI=1S/C24H32N8O/c25-10-5-17-6-11-32(12-7-17)24-29-22(16-27)21(15-26)23(30-24)28-18-1-3-19(4-2-18)31-13-8-20(33)9-14-31/h1-4,16-17,20,27,33H,5-9,11-15,26H2,(H,28,29,30). The third-order valence-corrected chi connectivity index (χ3v) is 6.61. The molecule has 0 unspecified atom stereocenters. The van der Waals surface area contributed by atoms with Crippen LogP contribution >= 0.6 is 0 Å². The molecule has 1 aromatic carbocycles. The summed E-state index contributed by atoms with van der Waals surface area (Å²) in [7, 11) is 0. The van der Waals surface area contributed by atoms with Gasteiger partial charge in [-0.05, 0) is 55.9 Å². The zero-order chi connectivity index (χ0) is 23.2. The third kappa shape index (κ3) is 5.41. The monoisotopic (exact) mass is 448 g/mol. The summed E-state index contributed by atoms with van der Waals surface area (Å²) in [5, 5.41) is 29.9. The number of anilines is 4. The predicted molar refractivity (Wildman–Crippen MR) is 130 cm³/mol. The fourth-order valence-electron chi connectivity index (χ4n) is 4.54. The lowest BCUT2D eigenvalue weighted by atomic mass is 9.94. The Morgan fingerprint density at radius 2 is 1.76 bits per heavy atom. The van der Waals surface area contributed by atoms with Crippen molar-refractivity contribution in [3.8, 4) is 6.07 Å². The molecule has 2 fully saturated rings. The van der Waals surface area contributed by atoms with Gasteiger partial charge in [0.05, 0.1) is 17.9 Å². The minimum atomic E-state index is -0.191. The SMILES string of the molecule is N#CCC1CCN(c2nc(C=N)c(CN)c(Nc3ccc(N4CCC(O)CC4)cc3)n2)CC1. The van der Waals surface area contributed by atoms with Crippen LogP contribution in [-0.4, -0.2) is 53.6 Å². The number of benzene rings is 1. The van der Waals surface area contributed by atoms with E-state index in [1.807, 2.05) is 12.1 Å². The first kappa shape index (κ1) is 23.0. The van der Waals surface area contributed by atoms with E-state index >= 15 is 0 Å². The number of nitrogens with zero attached hydrogens (tertiary/aromatic N) is 5. The maximum absolute atomic E-state index is 9.74. The molecule has 33 heavy (non-hydrogen) atoms. The van der Waals surface area contributed by atoms with E-state index in [9.17, 15) is 5.11 Å². The van der Waals surface area contributed by atoms with E-state index in [2.05, 4.69) is 38.3 Å². The Kier molecular flexibility index (Phi) is 7.37. The molecular formula is C24H32N8O. The van der Waals surface area contributed by atoms with Gasteiger partial charge in [0.2, 0.25) is 5.95 Å². The van der Waals surface area contributed by atoms with Crippen LogP contribution in [0.2, 0.25) is 0 Å². The van der Waals surface area contributed by atoms with E-state index in [0.717, 1.165) is 63.2 Å². The number of nitrogens with two attached hydrogens (primary N) is 1. The lowest BCUT2D eigenvalue weighted by Gasteiger charge is -2.32. The van der Waals surface area contributed by atoms with Gasteiger partial charge < -0.3 is 31.4 Å². The van der Waals surface area contributed by atoms with Gasteiger partial charge in [0.15, 0.2) is 0 Å². The topological polar surface area (TPSA) is 138 Å². The van der Waals surface area contributed by atoms with E-state index in [-0.39, 0.29) is 12.6 Å². The zero-order valence-corrected chi connectivity index (χ0v) is 18.9. The predicted octanol–water partition coefficient (Wildman–Crippen LogP) is 2.77. The molecule has 2 aromatic rings. The summed E-state index contributed by atoms with van der Waals surface area (Å²) in [6, 6.07) is 10.4. The van der Waals surface area contributed by atoms with Gasteiger partial charge in [0.25, 0.3) is 0 Å². The molecule has 0 spiro atoms. The Balaban J connectivity index is 1.52. The second-order valence-corrected chi connectivity index (χ2v) is 8.77. The molecule has 174 valence electrons. The fraction of sp³-hybridized carbons (Fsp3) is 0.500. The Labute approximate surface area is 194 Å². The summed E-state index contributed by atoms with van der Waals surface area (Å²) in [6.45, 7) is 3.53. The largest absolute Gasteiger partial charge is 0.393 e. The van der Waals surface area contributed by atoms with Crippen LogP contribution in [0.15, 0.2) is 24.3 Å². The Bertz CT molecular complexity index is 987. The van der Waals surface area contributed by atoms with Crippen LogP contribution in [0.5, 0.6) is 0 Å². The van der Waals surface area contributed by atoms with Crippen LogP contribution in [0.4, 0.5) is 23.1 Å². The van der Waals surface area contributed by atoms with Gasteiger partial charge in [-0.3, -0.25) is 0 Å². The maximum Gasteiger partial charge on any atom is 0.227 e. The number of hydrogen-bond acceptors (Lipinski definition) is 9. The Morgan fingerprint density at radius 1 is 1.09 bits per heavy atom. The molecule has 1 aromatic heterocycles. The summed E-state index contributed by atoms with van der Waals surface area (Å²) in [5.74, 6) is 1.64. The molecule has 0 atom stereocenters. The average Bonchev–Trinajstić information content (AvgIpc) is 2.85. The van der Waals surface area contributed by atoms with Crippen molar-refractivity contribution in [1.29, 1.82) is 10.7 Å². The van der Waals surface area contributed by atoms with Gasteiger partial charge in [-0.1, -0.05) is 0 Å². The highest BCUT2D eigenvalue weighted by atomic mass is 16.3. The molecule has 5 N–H and O–H groups in total. The average molecular weight is 449 g/mol. The normalized spacial score (nSPS) is 17.6. The van der Waals surface area contributed by atoms with Crippen LogP contribution in [0.25, 0.3) is 0 Å². The molecule has 0 saturated carbocycles. The van der Waals surface area contributed by atoms with Crippen molar-refractivity contribution < 1.29 is 5.11 Å². The van der Waals surface area contributed by atoms with Crippen molar-refractivity contribution >= 4 is 29.4 Å². The first-order valence-corrected chi connectivity index (χ1v) is 11.6. The van der Waals surface area contributed by atoms with Gasteiger partial charge in [-0.15, -0.1) is 0 Å². The van der Waals surface area contributed by atoms with Gasteiger partial charge in [-0.25, -0.2) is 4.98 Å². The van der Waals surface area contributed by atoms with Crippen LogP contribution in [0, 0.1) is 22.7 Å². The summed E-state index contributed by atoms with van der Waals surface area (Å²) in [5.41, 5.74) is 9.25. The number of rotatable bonds is 7. The number of nitrogens with one attached hydrogen (secondary N) is 2. The van der Waals surface area contributed by atoms with E-state index in [0.29, 0.717) is 35.4 Å². The van der Waals surface area contributed by atoms with Crippen molar-refractivity contribution in [1.82, 2.24) is 9.97 Å². The number of nitriles is 1. The van der Waals surface area contributed by atoms with Crippen molar-refractivity contribution in [2.45, 2.75) is 44.8 Å². The lowest BCUT2D eigenvalue weighted by Crippen LogP contribution is -2.35. The van der Waals surface area contributed by atoms with Crippen molar-refractivity contribution in [2.24, 2.45) is 11.7 Å². The first-order chi connectivity index (χ1) is 16.1. The van der Waals surface area contributed by atoms with Crippen LogP contribution in [0.1, 0.15) is 43.4 Å². The molecule has 9 nitrogen and oxygen atoms in total. The van der Waals surface area contributed by atoms with Gasteiger partial charge in [0, 0.05) is 62.3 Å². The quantitative estimate of drug-likeness (QED) is 0.474.